The van der Waals surface area contributed by atoms with E-state index in [4.69, 9.17) is 4.74 Å². The van der Waals surface area contributed by atoms with Crippen molar-refractivity contribution in [3.05, 3.63) is 41.7 Å². The second-order valence-electron chi connectivity index (χ2n) is 4.23. The zero-order chi connectivity index (χ0) is 14.5. The highest BCUT2D eigenvalue weighted by atomic mass is 32.2. The second kappa shape index (κ2) is 6.81. The molecule has 20 heavy (non-hydrogen) atoms. The number of halogens is 2. The van der Waals surface area contributed by atoms with E-state index in [9.17, 15) is 8.78 Å². The molecule has 0 bridgehead atoms. The van der Waals surface area contributed by atoms with Gasteiger partial charge in [-0.15, -0.1) is 10.2 Å². The van der Waals surface area contributed by atoms with Crippen LogP contribution in [-0.4, -0.2) is 28.5 Å². The number of hydrogen-bond donors (Lipinski definition) is 0. The Morgan fingerprint density at radius 3 is 2.85 bits per heavy atom. The summed E-state index contributed by atoms with van der Waals surface area (Å²) in [5, 5.41) is 8.54. The normalized spacial score (nSPS) is 12.6. The lowest BCUT2D eigenvalue weighted by molar-refractivity contribution is 0.184. The Morgan fingerprint density at radius 1 is 1.35 bits per heavy atom. The summed E-state index contributed by atoms with van der Waals surface area (Å²) in [4.78, 5) is 0. The molecule has 7 heteroatoms. The van der Waals surface area contributed by atoms with Crippen LogP contribution >= 0.6 is 11.8 Å². The van der Waals surface area contributed by atoms with E-state index in [1.807, 2.05) is 11.5 Å². The Hall–Kier alpha value is -1.47. The van der Waals surface area contributed by atoms with Crippen molar-refractivity contribution in [2.45, 2.75) is 23.9 Å². The van der Waals surface area contributed by atoms with Gasteiger partial charge in [-0.05, 0) is 24.6 Å². The molecule has 1 unspecified atom stereocenters. The molecule has 0 aliphatic carbocycles. The monoisotopic (exact) mass is 299 g/mol. The summed E-state index contributed by atoms with van der Waals surface area (Å²) < 4.78 is 33.0. The van der Waals surface area contributed by atoms with Gasteiger partial charge in [-0.3, -0.25) is 0 Å². The summed E-state index contributed by atoms with van der Waals surface area (Å²) in [7, 11) is 1.63. The van der Waals surface area contributed by atoms with Crippen molar-refractivity contribution in [1.29, 1.82) is 0 Å². The first-order chi connectivity index (χ1) is 9.61. The van der Waals surface area contributed by atoms with E-state index < -0.39 is 11.6 Å². The number of ether oxygens (including phenoxy) is 1. The lowest BCUT2D eigenvalue weighted by Gasteiger charge is -2.12. The molecule has 1 aromatic carbocycles. The third-order valence-corrected chi connectivity index (χ3v) is 3.96. The van der Waals surface area contributed by atoms with Gasteiger partial charge in [0.1, 0.15) is 6.33 Å². The Labute approximate surface area is 120 Å². The maximum atomic E-state index is 13.2. The van der Waals surface area contributed by atoms with Crippen LogP contribution in [0.4, 0.5) is 8.78 Å². The van der Waals surface area contributed by atoms with Gasteiger partial charge in [0.2, 0.25) is 0 Å². The molecule has 0 amide bonds. The van der Waals surface area contributed by atoms with Crippen molar-refractivity contribution in [1.82, 2.24) is 14.8 Å². The van der Waals surface area contributed by atoms with Crippen molar-refractivity contribution < 1.29 is 13.5 Å². The molecular weight excluding hydrogens is 284 g/mol. The third kappa shape index (κ3) is 3.55. The van der Waals surface area contributed by atoms with Crippen molar-refractivity contribution in [3.8, 4) is 0 Å². The summed E-state index contributed by atoms with van der Waals surface area (Å²) in [5.41, 5.74) is 0.704. The molecule has 0 aliphatic rings. The van der Waals surface area contributed by atoms with Crippen LogP contribution in [0, 0.1) is 11.6 Å². The molecule has 1 aromatic heterocycles. The zero-order valence-corrected chi connectivity index (χ0v) is 12.0. The van der Waals surface area contributed by atoms with Crippen LogP contribution in [0.2, 0.25) is 0 Å². The molecule has 1 atom stereocenters. The average molecular weight is 299 g/mol. The minimum absolute atomic E-state index is 0.0596. The highest BCUT2D eigenvalue weighted by Gasteiger charge is 2.14. The van der Waals surface area contributed by atoms with E-state index in [1.54, 1.807) is 19.5 Å². The van der Waals surface area contributed by atoms with Gasteiger partial charge in [-0.25, -0.2) is 8.78 Å². The van der Waals surface area contributed by atoms with Crippen molar-refractivity contribution in [3.63, 3.8) is 0 Å². The Kier molecular flexibility index (Phi) is 5.08. The van der Waals surface area contributed by atoms with E-state index in [1.165, 1.54) is 17.8 Å². The van der Waals surface area contributed by atoms with Gasteiger partial charge < -0.3 is 9.30 Å². The maximum Gasteiger partial charge on any atom is 0.191 e. The van der Waals surface area contributed by atoms with E-state index in [0.29, 0.717) is 18.7 Å². The van der Waals surface area contributed by atoms with Gasteiger partial charge in [-0.1, -0.05) is 17.8 Å². The maximum absolute atomic E-state index is 13.2. The first kappa shape index (κ1) is 14.9. The Balaban J connectivity index is 2.09. The smallest absolute Gasteiger partial charge is 0.191 e. The highest BCUT2D eigenvalue weighted by Crippen LogP contribution is 2.33. The molecular formula is C13H15F2N3OS. The first-order valence-electron chi connectivity index (χ1n) is 6.10. The van der Waals surface area contributed by atoms with Crippen molar-refractivity contribution in [2.75, 3.05) is 13.7 Å². The molecule has 0 radical (unpaired) electrons. The third-order valence-electron chi connectivity index (χ3n) is 2.81. The molecule has 108 valence electrons. The number of thioether (sulfide) groups is 1. The van der Waals surface area contributed by atoms with E-state index in [2.05, 4.69) is 10.2 Å². The van der Waals surface area contributed by atoms with Gasteiger partial charge in [0.25, 0.3) is 0 Å². The molecule has 0 aliphatic heterocycles. The zero-order valence-electron chi connectivity index (χ0n) is 11.2. The van der Waals surface area contributed by atoms with Gasteiger partial charge in [0.05, 0.1) is 6.61 Å². The van der Waals surface area contributed by atoms with Crippen LogP contribution in [0.25, 0.3) is 0 Å². The van der Waals surface area contributed by atoms with Crippen LogP contribution < -0.4 is 0 Å². The SMILES string of the molecule is COCCn1cnnc1SC(C)c1ccc(F)c(F)c1. The predicted molar refractivity (Wildman–Crippen MR) is 72.5 cm³/mol. The lowest BCUT2D eigenvalue weighted by Crippen LogP contribution is -2.05. The number of rotatable bonds is 6. The minimum Gasteiger partial charge on any atom is -0.383 e. The molecule has 4 nitrogen and oxygen atoms in total. The summed E-state index contributed by atoms with van der Waals surface area (Å²) in [6, 6.07) is 3.92. The molecule has 0 saturated carbocycles. The highest BCUT2D eigenvalue weighted by molar-refractivity contribution is 7.99. The number of benzene rings is 1. The van der Waals surface area contributed by atoms with E-state index in [0.717, 1.165) is 11.2 Å². The number of methoxy groups -OCH3 is 1. The molecule has 2 aromatic rings. The Morgan fingerprint density at radius 2 is 2.15 bits per heavy atom. The van der Waals surface area contributed by atoms with Crippen LogP contribution in [0.3, 0.4) is 0 Å². The molecule has 1 heterocycles. The summed E-state index contributed by atoms with van der Waals surface area (Å²) in [6.07, 6.45) is 1.62. The Bertz CT molecular complexity index is 576. The summed E-state index contributed by atoms with van der Waals surface area (Å²) in [5.74, 6) is -1.68. The predicted octanol–water partition coefficient (Wildman–Crippen LogP) is 3.06. The average Bonchev–Trinajstić information content (AvgIpc) is 2.86. The van der Waals surface area contributed by atoms with Gasteiger partial charge >= 0.3 is 0 Å². The molecule has 2 rings (SSSR count). The van der Waals surface area contributed by atoms with E-state index in [-0.39, 0.29) is 5.25 Å². The van der Waals surface area contributed by atoms with Crippen LogP contribution in [0.15, 0.2) is 29.7 Å². The minimum atomic E-state index is -0.839. The number of aromatic nitrogens is 3. The second-order valence-corrected chi connectivity index (χ2v) is 5.54. The largest absolute Gasteiger partial charge is 0.383 e. The number of hydrogen-bond acceptors (Lipinski definition) is 4. The van der Waals surface area contributed by atoms with Crippen LogP contribution in [0.5, 0.6) is 0 Å². The van der Waals surface area contributed by atoms with Gasteiger partial charge in [0, 0.05) is 18.9 Å². The lowest BCUT2D eigenvalue weighted by atomic mass is 10.1. The summed E-state index contributed by atoms with van der Waals surface area (Å²) in [6.45, 7) is 3.12. The fourth-order valence-electron chi connectivity index (χ4n) is 1.67. The molecule has 0 fully saturated rings. The fourth-order valence-corrected chi connectivity index (χ4v) is 2.64. The van der Waals surface area contributed by atoms with E-state index >= 15 is 0 Å². The van der Waals surface area contributed by atoms with Crippen molar-refractivity contribution >= 4 is 11.8 Å². The van der Waals surface area contributed by atoms with Crippen LogP contribution in [0.1, 0.15) is 17.7 Å². The first-order valence-corrected chi connectivity index (χ1v) is 6.98. The summed E-state index contributed by atoms with van der Waals surface area (Å²) >= 11 is 1.44. The van der Waals surface area contributed by atoms with Crippen LogP contribution in [-0.2, 0) is 11.3 Å². The van der Waals surface area contributed by atoms with Gasteiger partial charge in [0.15, 0.2) is 16.8 Å². The quantitative estimate of drug-likeness (QED) is 0.769. The van der Waals surface area contributed by atoms with Gasteiger partial charge in [-0.2, -0.15) is 0 Å². The molecule has 0 spiro atoms. The topological polar surface area (TPSA) is 39.9 Å². The number of nitrogens with zero attached hydrogens (tertiary/aromatic N) is 3. The molecule has 0 N–H and O–H groups in total. The standard InChI is InChI=1S/C13H15F2N3OS/c1-9(10-3-4-11(14)12(15)7-10)20-13-17-16-8-18(13)5-6-19-2/h3-4,7-9H,5-6H2,1-2H3. The fraction of sp³-hybridized carbons (Fsp3) is 0.385. The molecule has 0 saturated heterocycles. The van der Waals surface area contributed by atoms with Crippen molar-refractivity contribution in [2.24, 2.45) is 0 Å².